The van der Waals surface area contributed by atoms with Gasteiger partial charge in [-0.25, -0.2) is 9.78 Å². The van der Waals surface area contributed by atoms with Crippen molar-refractivity contribution in [3.8, 4) is 0 Å². The summed E-state index contributed by atoms with van der Waals surface area (Å²) in [5.41, 5.74) is 5.23. The Hall–Kier alpha value is -4.34. The molecule has 1 aliphatic rings. The van der Waals surface area contributed by atoms with Crippen LogP contribution in [0.4, 0.5) is 22.2 Å². The smallest absolute Gasteiger partial charge is 0.326 e. The third-order valence-electron chi connectivity index (χ3n) is 7.27. The predicted octanol–water partition coefficient (Wildman–Crippen LogP) is 6.69. The van der Waals surface area contributed by atoms with Crippen molar-refractivity contribution in [3.05, 3.63) is 102 Å². The molecule has 208 valence electrons. The lowest BCUT2D eigenvalue weighted by Gasteiger charge is -2.35. The van der Waals surface area contributed by atoms with E-state index in [2.05, 4.69) is 67.9 Å². The molecule has 3 N–H and O–H groups in total. The fourth-order valence-electron chi connectivity index (χ4n) is 5.03. The van der Waals surface area contributed by atoms with Gasteiger partial charge in [0.15, 0.2) is 0 Å². The predicted molar refractivity (Wildman–Crippen MR) is 167 cm³/mol. The molecule has 0 aliphatic carbocycles. The van der Waals surface area contributed by atoms with E-state index < -0.39 is 0 Å². The van der Waals surface area contributed by atoms with Crippen molar-refractivity contribution in [3.63, 3.8) is 0 Å². The van der Waals surface area contributed by atoms with Crippen molar-refractivity contribution in [1.82, 2.24) is 19.9 Å². The van der Waals surface area contributed by atoms with Crippen molar-refractivity contribution < 1.29 is 4.79 Å². The van der Waals surface area contributed by atoms with E-state index in [4.69, 9.17) is 9.97 Å². The lowest BCUT2D eigenvalue weighted by atomic mass is 10.1. The molecular formula is C32H33N7OS. The van der Waals surface area contributed by atoms with Gasteiger partial charge in [-0.2, -0.15) is 4.98 Å². The maximum absolute atomic E-state index is 13.0. The van der Waals surface area contributed by atoms with Crippen molar-refractivity contribution >= 4 is 46.1 Å². The van der Waals surface area contributed by atoms with Crippen LogP contribution in [0.15, 0.2) is 95.0 Å². The number of H-pyrrole nitrogens is 1. The number of piperazine rings is 1. The van der Waals surface area contributed by atoms with E-state index in [0.717, 1.165) is 76.2 Å². The van der Waals surface area contributed by atoms with Crippen molar-refractivity contribution in [2.75, 3.05) is 41.7 Å². The van der Waals surface area contributed by atoms with Crippen LogP contribution in [-0.2, 0) is 6.54 Å². The highest BCUT2D eigenvalue weighted by atomic mass is 32.2. The molecule has 2 amide bonds. The second-order valence-corrected chi connectivity index (χ2v) is 11.4. The molecule has 3 aromatic carbocycles. The summed E-state index contributed by atoms with van der Waals surface area (Å²) in [5.74, 6) is 1.09. The zero-order chi connectivity index (χ0) is 28.2. The van der Waals surface area contributed by atoms with Gasteiger partial charge in [-0.05, 0) is 42.7 Å². The van der Waals surface area contributed by atoms with Crippen LogP contribution in [0.25, 0.3) is 10.9 Å². The van der Waals surface area contributed by atoms with Crippen LogP contribution >= 0.6 is 11.8 Å². The van der Waals surface area contributed by atoms with E-state index in [9.17, 15) is 4.79 Å². The van der Waals surface area contributed by atoms with E-state index in [-0.39, 0.29) is 12.0 Å². The fraction of sp³-hybridized carbons (Fsp3) is 0.219. The van der Waals surface area contributed by atoms with Gasteiger partial charge in [-0.1, -0.05) is 72.4 Å². The van der Waals surface area contributed by atoms with Crippen LogP contribution in [0.3, 0.4) is 0 Å². The van der Waals surface area contributed by atoms with Gasteiger partial charge in [0.1, 0.15) is 10.8 Å². The van der Waals surface area contributed by atoms with Crippen molar-refractivity contribution in [1.29, 1.82) is 0 Å². The minimum atomic E-state index is -0.369. The first kappa shape index (κ1) is 26.9. The first-order valence-corrected chi connectivity index (χ1v) is 14.6. The maximum atomic E-state index is 13.0. The number of aromatic amines is 1. The first-order valence-electron chi connectivity index (χ1n) is 13.8. The Morgan fingerprint density at radius 3 is 2.51 bits per heavy atom. The summed E-state index contributed by atoms with van der Waals surface area (Å²) in [6.45, 7) is 8.46. The molecule has 0 radical (unpaired) electrons. The van der Waals surface area contributed by atoms with Gasteiger partial charge in [0.25, 0.3) is 0 Å². The zero-order valence-electron chi connectivity index (χ0n) is 23.2. The first-order chi connectivity index (χ1) is 20.0. The molecule has 3 heterocycles. The highest BCUT2D eigenvalue weighted by molar-refractivity contribution is 7.99. The Morgan fingerprint density at radius 2 is 1.68 bits per heavy atom. The highest BCUT2D eigenvalue weighted by Crippen LogP contribution is 2.34. The van der Waals surface area contributed by atoms with Crippen LogP contribution in [0, 0.1) is 13.8 Å². The topological polar surface area (TPSA) is 89.2 Å². The molecule has 0 spiro atoms. The fourth-order valence-corrected chi connectivity index (χ4v) is 5.95. The Bertz CT molecular complexity index is 1660. The molecule has 1 fully saturated rings. The molecule has 5 aromatic rings. The van der Waals surface area contributed by atoms with Crippen LogP contribution in [0.1, 0.15) is 16.7 Å². The Morgan fingerprint density at radius 1 is 0.902 bits per heavy atom. The molecule has 41 heavy (non-hydrogen) atoms. The number of nitrogens with one attached hydrogen (secondary N) is 3. The molecule has 0 atom stereocenters. The van der Waals surface area contributed by atoms with Crippen LogP contribution in [0.2, 0.25) is 0 Å². The second-order valence-electron chi connectivity index (χ2n) is 10.3. The number of carbonyl (C=O) groups excluding carboxylic acids is 1. The van der Waals surface area contributed by atoms with E-state index >= 15 is 0 Å². The molecule has 1 aliphatic heterocycles. The average Bonchev–Trinajstić information content (AvgIpc) is 3.38. The summed E-state index contributed by atoms with van der Waals surface area (Å²) in [4.78, 5) is 31.7. The van der Waals surface area contributed by atoms with Crippen molar-refractivity contribution in [2.24, 2.45) is 0 Å². The largest absolute Gasteiger partial charge is 0.360 e. The van der Waals surface area contributed by atoms with Crippen LogP contribution in [-0.4, -0.2) is 52.1 Å². The Kier molecular flexibility index (Phi) is 7.89. The number of fused-ring (bicyclic) bond motifs is 1. The summed E-state index contributed by atoms with van der Waals surface area (Å²) >= 11 is 1.56. The molecule has 0 saturated carbocycles. The van der Waals surface area contributed by atoms with Gasteiger partial charge >= 0.3 is 6.03 Å². The summed E-state index contributed by atoms with van der Waals surface area (Å²) in [6.07, 6.45) is 2.00. The number of rotatable bonds is 7. The van der Waals surface area contributed by atoms with Gasteiger partial charge < -0.3 is 15.2 Å². The summed E-state index contributed by atoms with van der Waals surface area (Å²) in [7, 11) is 0. The number of para-hydroxylation sites is 1. The average molecular weight is 564 g/mol. The number of carbonyl (C=O) groups is 1. The number of aromatic nitrogens is 3. The van der Waals surface area contributed by atoms with E-state index in [1.165, 1.54) is 5.56 Å². The summed E-state index contributed by atoms with van der Waals surface area (Å²) < 4.78 is 0. The van der Waals surface area contributed by atoms with Crippen molar-refractivity contribution in [2.45, 2.75) is 30.3 Å². The standard InChI is InChI=1S/C32H33N7OS/c1-22-12-13-23(2)27(18-22)34-32(40)37-31-35-29(39-16-14-38(15-17-39)21-24-8-4-3-5-9-24)19-30(36-31)41-28-20-33-26-11-7-6-10-25(26)28/h3-13,18-20,33H,14-17,21H2,1-2H3,(H2,34,35,36,37,40). The third kappa shape index (κ3) is 6.53. The lowest BCUT2D eigenvalue weighted by Crippen LogP contribution is -2.46. The van der Waals surface area contributed by atoms with E-state index in [1.54, 1.807) is 11.8 Å². The minimum Gasteiger partial charge on any atom is -0.360 e. The SMILES string of the molecule is Cc1ccc(C)c(NC(=O)Nc2nc(Sc3c[nH]c4ccccc34)cc(N3CCN(Cc4ccccc4)CC3)n2)c1. The zero-order valence-corrected chi connectivity index (χ0v) is 24.0. The van der Waals surface area contributed by atoms with Gasteiger partial charge in [0.2, 0.25) is 5.95 Å². The molecule has 0 bridgehead atoms. The van der Waals surface area contributed by atoms with Crippen LogP contribution < -0.4 is 15.5 Å². The summed E-state index contributed by atoms with van der Waals surface area (Å²) in [5, 5.41) is 7.74. The van der Waals surface area contributed by atoms with Gasteiger partial charge in [-0.3, -0.25) is 10.2 Å². The molecule has 8 nitrogen and oxygen atoms in total. The second kappa shape index (κ2) is 12.0. The van der Waals surface area contributed by atoms with Gasteiger partial charge in [0.05, 0.1) is 0 Å². The summed E-state index contributed by atoms with van der Waals surface area (Å²) in [6, 6.07) is 26.4. The Labute approximate surface area is 244 Å². The highest BCUT2D eigenvalue weighted by Gasteiger charge is 2.21. The third-order valence-corrected chi connectivity index (χ3v) is 8.24. The van der Waals surface area contributed by atoms with Gasteiger partial charge in [0, 0.05) is 66.5 Å². The number of anilines is 3. The minimum absolute atomic E-state index is 0.277. The Balaban J connectivity index is 1.22. The number of urea groups is 1. The number of hydrogen-bond donors (Lipinski definition) is 3. The van der Waals surface area contributed by atoms with E-state index in [0.29, 0.717) is 0 Å². The molecule has 0 unspecified atom stereocenters. The lowest BCUT2D eigenvalue weighted by molar-refractivity contribution is 0.249. The van der Waals surface area contributed by atoms with Gasteiger partial charge in [-0.15, -0.1) is 0 Å². The molecule has 6 rings (SSSR count). The number of hydrogen-bond acceptors (Lipinski definition) is 6. The molecular weight excluding hydrogens is 530 g/mol. The molecule has 1 saturated heterocycles. The molecule has 2 aromatic heterocycles. The number of aryl methyl sites for hydroxylation is 2. The van der Waals surface area contributed by atoms with Crippen LogP contribution in [0.5, 0.6) is 0 Å². The monoisotopic (exact) mass is 563 g/mol. The quantitative estimate of drug-likeness (QED) is 0.191. The normalized spacial score (nSPS) is 13.9. The maximum Gasteiger partial charge on any atom is 0.326 e. The number of benzene rings is 3. The number of amides is 2. The number of nitrogens with zero attached hydrogens (tertiary/aromatic N) is 4. The van der Waals surface area contributed by atoms with E-state index in [1.807, 2.05) is 56.4 Å². The molecule has 9 heteroatoms.